The molecule has 0 aliphatic rings. The summed E-state index contributed by atoms with van der Waals surface area (Å²) in [6.45, 7) is 0. The summed E-state index contributed by atoms with van der Waals surface area (Å²) < 4.78 is 0. The van der Waals surface area contributed by atoms with Crippen LogP contribution < -0.4 is 10.2 Å². The highest BCUT2D eigenvalue weighted by Gasteiger charge is 2.09. The van der Waals surface area contributed by atoms with Gasteiger partial charge in [-0.3, -0.25) is 9.89 Å². The molecule has 0 atom stereocenters. The Morgan fingerprint density at radius 3 is 2.76 bits per heavy atom. The normalized spacial score (nSPS) is 10.6. The van der Waals surface area contributed by atoms with Crippen LogP contribution in [0.1, 0.15) is 10.7 Å². The van der Waals surface area contributed by atoms with Crippen LogP contribution in [0.3, 0.4) is 0 Å². The third-order valence-corrected chi connectivity index (χ3v) is 5.16. The van der Waals surface area contributed by atoms with Gasteiger partial charge in [0.25, 0.3) is 0 Å². The molecule has 25 heavy (non-hydrogen) atoms. The van der Waals surface area contributed by atoms with Crippen LogP contribution in [-0.2, 0) is 11.2 Å². The number of amides is 1. The van der Waals surface area contributed by atoms with Gasteiger partial charge in [-0.05, 0) is 35.7 Å². The van der Waals surface area contributed by atoms with E-state index in [1.165, 1.54) is 16.6 Å². The smallest absolute Gasteiger partial charge is 0.234 e. The summed E-state index contributed by atoms with van der Waals surface area (Å²) in [4.78, 5) is 19.7. The number of aromatic nitrogens is 3. The molecule has 1 aromatic carbocycles. The van der Waals surface area contributed by atoms with Crippen LogP contribution in [-0.4, -0.2) is 40.9 Å². The van der Waals surface area contributed by atoms with E-state index in [0.29, 0.717) is 5.16 Å². The van der Waals surface area contributed by atoms with E-state index >= 15 is 0 Å². The van der Waals surface area contributed by atoms with E-state index in [0.717, 1.165) is 23.6 Å². The van der Waals surface area contributed by atoms with E-state index in [-0.39, 0.29) is 11.7 Å². The fourth-order valence-electron chi connectivity index (χ4n) is 2.17. The van der Waals surface area contributed by atoms with Gasteiger partial charge in [0.2, 0.25) is 11.1 Å². The number of carbonyl (C=O) groups is 1. The molecule has 3 aromatic rings. The van der Waals surface area contributed by atoms with Crippen LogP contribution >= 0.6 is 23.1 Å². The first-order chi connectivity index (χ1) is 12.1. The number of H-pyrrole nitrogens is 1. The Labute approximate surface area is 154 Å². The Bertz CT molecular complexity index is 812. The van der Waals surface area contributed by atoms with Crippen LogP contribution in [0.2, 0.25) is 0 Å². The van der Waals surface area contributed by atoms with E-state index in [4.69, 9.17) is 0 Å². The predicted molar refractivity (Wildman–Crippen MR) is 104 cm³/mol. The number of nitrogens with one attached hydrogen (secondary N) is 2. The fourth-order valence-corrected chi connectivity index (χ4v) is 3.50. The molecule has 0 radical (unpaired) electrons. The standard InChI is InChI=1S/C17H19N5OS2/c1-22(2)13-7-5-12(6-8-13)18-16(23)11-25-17-19-15(20-21-17)10-14-4-3-9-24-14/h3-9H,10-11H2,1-2H3,(H,18,23)(H,19,20,21). The van der Waals surface area contributed by atoms with Gasteiger partial charge in [0.15, 0.2) is 0 Å². The third-order valence-electron chi connectivity index (χ3n) is 3.43. The Morgan fingerprint density at radius 2 is 2.08 bits per heavy atom. The number of hydrogen-bond acceptors (Lipinski definition) is 6. The average Bonchev–Trinajstić information content (AvgIpc) is 3.26. The Kier molecular flexibility index (Phi) is 5.72. The molecule has 0 fully saturated rings. The first-order valence-electron chi connectivity index (χ1n) is 7.74. The fraction of sp³-hybridized carbons (Fsp3) is 0.235. The minimum Gasteiger partial charge on any atom is -0.378 e. The highest BCUT2D eigenvalue weighted by Crippen LogP contribution is 2.18. The zero-order chi connectivity index (χ0) is 17.6. The Morgan fingerprint density at radius 1 is 1.28 bits per heavy atom. The predicted octanol–water partition coefficient (Wildman–Crippen LogP) is 3.25. The second-order valence-electron chi connectivity index (χ2n) is 5.60. The number of thioether (sulfide) groups is 1. The van der Waals surface area contributed by atoms with E-state index in [1.807, 2.05) is 54.7 Å². The lowest BCUT2D eigenvalue weighted by Crippen LogP contribution is -2.14. The number of benzene rings is 1. The number of anilines is 2. The van der Waals surface area contributed by atoms with E-state index in [2.05, 4.69) is 26.6 Å². The van der Waals surface area contributed by atoms with Crippen LogP contribution in [0.15, 0.2) is 46.9 Å². The minimum absolute atomic E-state index is 0.0767. The summed E-state index contributed by atoms with van der Waals surface area (Å²) >= 11 is 3.01. The van der Waals surface area contributed by atoms with Crippen molar-refractivity contribution in [1.82, 2.24) is 15.2 Å². The number of hydrogen-bond donors (Lipinski definition) is 2. The molecule has 3 rings (SSSR count). The molecular formula is C17H19N5OS2. The summed E-state index contributed by atoms with van der Waals surface area (Å²) in [5.41, 5.74) is 1.87. The second-order valence-corrected chi connectivity index (χ2v) is 7.57. The molecule has 8 heteroatoms. The number of aromatic amines is 1. The van der Waals surface area contributed by atoms with Crippen molar-refractivity contribution in [3.05, 3.63) is 52.5 Å². The van der Waals surface area contributed by atoms with Gasteiger partial charge >= 0.3 is 0 Å². The number of thiophene rings is 1. The highest BCUT2D eigenvalue weighted by atomic mass is 32.2. The highest BCUT2D eigenvalue weighted by molar-refractivity contribution is 7.99. The topological polar surface area (TPSA) is 73.9 Å². The van der Waals surface area contributed by atoms with Gasteiger partial charge in [-0.15, -0.1) is 16.4 Å². The second kappa shape index (κ2) is 8.17. The van der Waals surface area contributed by atoms with Gasteiger partial charge in [0, 0.05) is 36.8 Å². The molecule has 6 nitrogen and oxygen atoms in total. The van der Waals surface area contributed by atoms with E-state index < -0.39 is 0 Å². The molecular weight excluding hydrogens is 354 g/mol. The Balaban J connectivity index is 1.48. The van der Waals surface area contributed by atoms with Crippen molar-refractivity contribution in [2.75, 3.05) is 30.1 Å². The summed E-state index contributed by atoms with van der Waals surface area (Å²) in [6, 6.07) is 11.8. The lowest BCUT2D eigenvalue weighted by molar-refractivity contribution is -0.113. The van der Waals surface area contributed by atoms with Crippen molar-refractivity contribution in [1.29, 1.82) is 0 Å². The molecule has 0 aliphatic heterocycles. The summed E-state index contributed by atoms with van der Waals surface area (Å²) in [5.74, 6) is 1.00. The molecule has 0 aliphatic carbocycles. The molecule has 0 saturated carbocycles. The quantitative estimate of drug-likeness (QED) is 0.622. The first kappa shape index (κ1) is 17.5. The van der Waals surface area contributed by atoms with Gasteiger partial charge in [-0.1, -0.05) is 17.8 Å². The molecule has 2 N–H and O–H groups in total. The zero-order valence-corrected chi connectivity index (χ0v) is 15.7. The molecule has 1 amide bonds. The summed E-state index contributed by atoms with van der Waals surface area (Å²) in [5, 5.41) is 12.6. The molecule has 130 valence electrons. The Hall–Kier alpha value is -2.32. The maximum atomic E-state index is 12.1. The average molecular weight is 374 g/mol. The monoisotopic (exact) mass is 373 g/mol. The van der Waals surface area contributed by atoms with Gasteiger partial charge in [-0.25, -0.2) is 4.98 Å². The van der Waals surface area contributed by atoms with Crippen molar-refractivity contribution >= 4 is 40.4 Å². The third kappa shape index (κ3) is 5.07. The molecule has 0 bridgehead atoms. The number of nitrogens with zero attached hydrogens (tertiary/aromatic N) is 3. The molecule has 0 saturated heterocycles. The van der Waals surface area contributed by atoms with Crippen molar-refractivity contribution < 1.29 is 4.79 Å². The maximum Gasteiger partial charge on any atom is 0.234 e. The van der Waals surface area contributed by atoms with E-state index in [9.17, 15) is 4.79 Å². The summed E-state index contributed by atoms with van der Waals surface area (Å²) in [6.07, 6.45) is 0.732. The van der Waals surface area contributed by atoms with Gasteiger partial charge < -0.3 is 10.2 Å². The van der Waals surface area contributed by atoms with Crippen molar-refractivity contribution in [2.24, 2.45) is 0 Å². The lowest BCUT2D eigenvalue weighted by atomic mass is 10.2. The van der Waals surface area contributed by atoms with Crippen molar-refractivity contribution in [3.63, 3.8) is 0 Å². The van der Waals surface area contributed by atoms with Crippen LogP contribution in [0.4, 0.5) is 11.4 Å². The molecule has 0 spiro atoms. The number of rotatable bonds is 7. The van der Waals surface area contributed by atoms with Gasteiger partial charge in [0.05, 0.1) is 5.75 Å². The zero-order valence-electron chi connectivity index (χ0n) is 14.0. The summed E-state index contributed by atoms with van der Waals surface area (Å²) in [7, 11) is 3.96. The maximum absolute atomic E-state index is 12.1. The number of carbonyl (C=O) groups excluding carboxylic acids is 1. The molecule has 2 aromatic heterocycles. The van der Waals surface area contributed by atoms with Crippen LogP contribution in [0.25, 0.3) is 0 Å². The lowest BCUT2D eigenvalue weighted by Gasteiger charge is -2.12. The van der Waals surface area contributed by atoms with E-state index in [1.54, 1.807) is 11.3 Å². The largest absolute Gasteiger partial charge is 0.378 e. The molecule has 2 heterocycles. The minimum atomic E-state index is -0.0767. The first-order valence-corrected chi connectivity index (χ1v) is 9.60. The van der Waals surface area contributed by atoms with Crippen LogP contribution in [0, 0.1) is 0 Å². The SMILES string of the molecule is CN(C)c1ccc(NC(=O)CSc2n[nH]c(Cc3cccs3)n2)cc1. The van der Waals surface area contributed by atoms with Gasteiger partial charge in [0.1, 0.15) is 5.82 Å². The van der Waals surface area contributed by atoms with Crippen molar-refractivity contribution in [2.45, 2.75) is 11.6 Å². The van der Waals surface area contributed by atoms with Gasteiger partial charge in [-0.2, -0.15) is 0 Å². The molecule has 0 unspecified atom stereocenters. The van der Waals surface area contributed by atoms with Crippen LogP contribution in [0.5, 0.6) is 0 Å². The van der Waals surface area contributed by atoms with Crippen molar-refractivity contribution in [3.8, 4) is 0 Å².